The first-order chi connectivity index (χ1) is 8.66. The van der Waals surface area contributed by atoms with Crippen LogP contribution in [0.4, 0.5) is 10.5 Å². The number of primary amides is 1. The molecule has 3 heteroatoms. The number of rotatable bonds is 3. The fourth-order valence-corrected chi connectivity index (χ4v) is 3.18. The van der Waals surface area contributed by atoms with Crippen LogP contribution < -0.4 is 11.1 Å². The van der Waals surface area contributed by atoms with Crippen LogP contribution in [0.25, 0.3) is 0 Å². The van der Waals surface area contributed by atoms with E-state index in [1.54, 1.807) is 0 Å². The highest BCUT2D eigenvalue weighted by Crippen LogP contribution is 2.46. The number of anilines is 1. The third kappa shape index (κ3) is 1.98. The molecule has 0 saturated heterocycles. The molecule has 1 fully saturated rings. The Balaban J connectivity index is 2.03. The summed E-state index contributed by atoms with van der Waals surface area (Å²) in [5.74, 6) is 1.32. The molecular formula is C15H20N2O. The molecule has 2 aliphatic rings. The van der Waals surface area contributed by atoms with Crippen molar-refractivity contribution in [2.45, 2.75) is 44.9 Å². The van der Waals surface area contributed by atoms with E-state index < -0.39 is 6.03 Å². The van der Waals surface area contributed by atoms with Crippen LogP contribution in [-0.2, 0) is 12.8 Å². The predicted octanol–water partition coefficient (Wildman–Crippen LogP) is 3.18. The molecule has 1 atom stereocenters. The summed E-state index contributed by atoms with van der Waals surface area (Å²) in [6.07, 6.45) is 6.00. The second kappa shape index (κ2) is 4.30. The highest BCUT2D eigenvalue weighted by atomic mass is 16.2. The molecule has 2 aliphatic carbocycles. The molecule has 3 N–H and O–H groups in total. The van der Waals surface area contributed by atoms with E-state index in [1.807, 2.05) is 0 Å². The van der Waals surface area contributed by atoms with Crippen LogP contribution in [0, 0.1) is 5.92 Å². The highest BCUT2D eigenvalue weighted by molar-refractivity contribution is 5.90. The maximum atomic E-state index is 11.2. The molecule has 3 rings (SSSR count). The zero-order valence-corrected chi connectivity index (χ0v) is 10.8. The summed E-state index contributed by atoms with van der Waals surface area (Å²) < 4.78 is 0. The SMILES string of the molecule is C[C@@H](c1ccc2c(c1NC(N)=O)CCC2)C1CC1. The molecule has 1 aromatic rings. The molecule has 0 aromatic heterocycles. The maximum absolute atomic E-state index is 11.2. The van der Waals surface area contributed by atoms with Crippen molar-refractivity contribution in [2.75, 3.05) is 5.32 Å². The van der Waals surface area contributed by atoms with Crippen molar-refractivity contribution in [3.05, 3.63) is 28.8 Å². The predicted molar refractivity (Wildman–Crippen MR) is 72.8 cm³/mol. The van der Waals surface area contributed by atoms with Gasteiger partial charge in [-0.15, -0.1) is 0 Å². The lowest BCUT2D eigenvalue weighted by atomic mass is 9.91. The van der Waals surface area contributed by atoms with E-state index in [4.69, 9.17) is 5.73 Å². The quantitative estimate of drug-likeness (QED) is 0.843. The lowest BCUT2D eigenvalue weighted by Crippen LogP contribution is -2.22. The lowest BCUT2D eigenvalue weighted by molar-refractivity contribution is 0.259. The number of carbonyl (C=O) groups is 1. The van der Waals surface area contributed by atoms with Gasteiger partial charge in [-0.3, -0.25) is 0 Å². The van der Waals surface area contributed by atoms with Gasteiger partial charge in [0.1, 0.15) is 0 Å². The number of fused-ring (bicyclic) bond motifs is 1. The first-order valence-electron chi connectivity index (χ1n) is 6.88. The number of hydrogen-bond donors (Lipinski definition) is 2. The largest absolute Gasteiger partial charge is 0.351 e. The second-order valence-electron chi connectivity index (χ2n) is 5.64. The molecule has 96 valence electrons. The Morgan fingerprint density at radius 3 is 2.83 bits per heavy atom. The molecule has 0 spiro atoms. The number of nitrogens with two attached hydrogens (primary N) is 1. The van der Waals surface area contributed by atoms with Gasteiger partial charge in [0.25, 0.3) is 0 Å². The molecule has 0 radical (unpaired) electrons. The lowest BCUT2D eigenvalue weighted by Gasteiger charge is -2.19. The molecule has 0 bridgehead atoms. The normalized spacial score (nSPS) is 19.4. The molecule has 18 heavy (non-hydrogen) atoms. The van der Waals surface area contributed by atoms with Crippen molar-refractivity contribution in [3.63, 3.8) is 0 Å². The summed E-state index contributed by atoms with van der Waals surface area (Å²) >= 11 is 0. The average Bonchev–Trinajstić information content (AvgIpc) is 3.06. The van der Waals surface area contributed by atoms with Gasteiger partial charge < -0.3 is 11.1 Å². The van der Waals surface area contributed by atoms with Crippen molar-refractivity contribution in [2.24, 2.45) is 11.7 Å². The third-order valence-electron chi connectivity index (χ3n) is 4.38. The third-order valence-corrected chi connectivity index (χ3v) is 4.38. The van der Waals surface area contributed by atoms with Gasteiger partial charge in [-0.25, -0.2) is 4.79 Å². The number of carbonyl (C=O) groups excluding carboxylic acids is 1. The van der Waals surface area contributed by atoms with Crippen LogP contribution in [0.3, 0.4) is 0 Å². The summed E-state index contributed by atoms with van der Waals surface area (Å²) in [6.45, 7) is 2.26. The van der Waals surface area contributed by atoms with Crippen LogP contribution in [0.15, 0.2) is 12.1 Å². The zero-order chi connectivity index (χ0) is 12.7. The molecule has 0 heterocycles. The van der Waals surface area contributed by atoms with E-state index in [9.17, 15) is 4.79 Å². The van der Waals surface area contributed by atoms with Crippen molar-refractivity contribution in [3.8, 4) is 0 Å². The number of aryl methyl sites for hydroxylation is 1. The summed E-state index contributed by atoms with van der Waals surface area (Å²) in [4.78, 5) is 11.2. The van der Waals surface area contributed by atoms with Gasteiger partial charge in [-0.1, -0.05) is 19.1 Å². The number of amides is 2. The Morgan fingerprint density at radius 1 is 1.39 bits per heavy atom. The zero-order valence-electron chi connectivity index (χ0n) is 10.8. The first kappa shape index (κ1) is 11.6. The van der Waals surface area contributed by atoms with Gasteiger partial charge in [0.2, 0.25) is 0 Å². The minimum atomic E-state index is -0.445. The van der Waals surface area contributed by atoms with Crippen molar-refractivity contribution in [1.82, 2.24) is 0 Å². The van der Waals surface area contributed by atoms with Crippen LogP contribution in [-0.4, -0.2) is 6.03 Å². The topological polar surface area (TPSA) is 55.1 Å². The van der Waals surface area contributed by atoms with Gasteiger partial charge in [0, 0.05) is 5.69 Å². The van der Waals surface area contributed by atoms with Crippen LogP contribution in [0.2, 0.25) is 0 Å². The molecule has 1 aromatic carbocycles. The standard InChI is InChI=1S/C15H20N2O/c1-9(10-5-6-10)12-8-7-11-3-2-4-13(11)14(12)17-15(16)18/h7-10H,2-6H2,1H3,(H3,16,17,18)/t9-/m1/s1. The number of hydrogen-bond acceptors (Lipinski definition) is 1. The van der Waals surface area contributed by atoms with Gasteiger partial charge in [-0.2, -0.15) is 0 Å². The number of urea groups is 1. The van der Waals surface area contributed by atoms with E-state index in [2.05, 4.69) is 24.4 Å². The molecule has 0 unspecified atom stereocenters. The molecule has 0 aliphatic heterocycles. The fourth-order valence-electron chi connectivity index (χ4n) is 3.18. The maximum Gasteiger partial charge on any atom is 0.316 e. The van der Waals surface area contributed by atoms with Crippen LogP contribution in [0.1, 0.15) is 48.8 Å². The summed E-state index contributed by atoms with van der Waals surface area (Å²) in [5, 5.41) is 2.88. The van der Waals surface area contributed by atoms with Gasteiger partial charge in [0.05, 0.1) is 0 Å². The number of benzene rings is 1. The molecule has 2 amide bonds. The molecular weight excluding hydrogens is 224 g/mol. The molecule has 3 nitrogen and oxygen atoms in total. The smallest absolute Gasteiger partial charge is 0.316 e. The second-order valence-corrected chi connectivity index (χ2v) is 5.64. The van der Waals surface area contributed by atoms with E-state index in [0.29, 0.717) is 5.92 Å². The van der Waals surface area contributed by atoms with Crippen LogP contribution in [0.5, 0.6) is 0 Å². The Morgan fingerprint density at radius 2 is 2.17 bits per heavy atom. The minimum Gasteiger partial charge on any atom is -0.351 e. The Bertz CT molecular complexity index is 492. The summed E-state index contributed by atoms with van der Waals surface area (Å²) in [5.41, 5.74) is 10.3. The van der Waals surface area contributed by atoms with Gasteiger partial charge in [-0.05, 0) is 60.6 Å². The average molecular weight is 244 g/mol. The summed E-state index contributed by atoms with van der Waals surface area (Å²) in [7, 11) is 0. The highest BCUT2D eigenvalue weighted by Gasteiger charge is 2.31. The van der Waals surface area contributed by atoms with Gasteiger partial charge >= 0.3 is 6.03 Å². The van der Waals surface area contributed by atoms with Crippen molar-refractivity contribution in [1.29, 1.82) is 0 Å². The Hall–Kier alpha value is -1.51. The van der Waals surface area contributed by atoms with E-state index in [1.165, 1.54) is 36.0 Å². The first-order valence-corrected chi connectivity index (χ1v) is 6.88. The Kier molecular flexibility index (Phi) is 2.77. The minimum absolute atomic E-state index is 0.445. The van der Waals surface area contributed by atoms with E-state index >= 15 is 0 Å². The van der Waals surface area contributed by atoms with Gasteiger partial charge in [0.15, 0.2) is 0 Å². The van der Waals surface area contributed by atoms with E-state index in [0.717, 1.165) is 24.4 Å². The molecule has 1 saturated carbocycles. The Labute approximate surface area is 108 Å². The van der Waals surface area contributed by atoms with Crippen molar-refractivity contribution < 1.29 is 4.79 Å². The fraction of sp³-hybridized carbons (Fsp3) is 0.533. The summed E-state index contributed by atoms with van der Waals surface area (Å²) in [6, 6.07) is 3.99. The van der Waals surface area contributed by atoms with E-state index in [-0.39, 0.29) is 0 Å². The monoisotopic (exact) mass is 244 g/mol. The number of nitrogens with one attached hydrogen (secondary N) is 1. The van der Waals surface area contributed by atoms with Crippen LogP contribution >= 0.6 is 0 Å². The van der Waals surface area contributed by atoms with Crippen molar-refractivity contribution >= 4 is 11.7 Å².